The van der Waals surface area contributed by atoms with E-state index >= 15 is 0 Å². The van der Waals surface area contributed by atoms with Crippen molar-refractivity contribution in [3.63, 3.8) is 0 Å². The van der Waals surface area contributed by atoms with Crippen LogP contribution in [0.5, 0.6) is 0 Å². The number of hydrogen-bond acceptors (Lipinski definition) is 4. The highest BCUT2D eigenvalue weighted by molar-refractivity contribution is 5.59. The fourth-order valence-corrected chi connectivity index (χ4v) is 1.31. The monoisotopic (exact) mass is 205 g/mol. The number of nitrogens with zero attached hydrogens (tertiary/aromatic N) is 1. The summed E-state index contributed by atoms with van der Waals surface area (Å²) in [6.07, 6.45) is 1.54. The number of nitrogen functional groups attached to an aromatic ring is 1. The minimum Gasteiger partial charge on any atom is -0.469 e. The largest absolute Gasteiger partial charge is 0.469 e. The van der Waals surface area contributed by atoms with Crippen LogP contribution in [-0.4, -0.2) is 9.97 Å². The van der Waals surface area contributed by atoms with E-state index in [1.807, 2.05) is 0 Å². The van der Waals surface area contributed by atoms with Crippen LogP contribution in [0.25, 0.3) is 11.4 Å². The van der Waals surface area contributed by atoms with Crippen molar-refractivity contribution in [1.29, 1.82) is 0 Å². The van der Waals surface area contributed by atoms with Crippen LogP contribution >= 0.6 is 0 Å². The molecule has 0 unspecified atom stereocenters. The third-order valence-electron chi connectivity index (χ3n) is 2.30. The Morgan fingerprint density at radius 1 is 1.47 bits per heavy atom. The van der Waals surface area contributed by atoms with Crippen LogP contribution in [0.3, 0.4) is 0 Å². The van der Waals surface area contributed by atoms with Gasteiger partial charge in [-0.2, -0.15) is 0 Å². The number of rotatable bonds is 1. The van der Waals surface area contributed by atoms with Crippen LogP contribution in [0.2, 0.25) is 0 Å². The van der Waals surface area contributed by atoms with Gasteiger partial charge in [0, 0.05) is 0 Å². The van der Waals surface area contributed by atoms with Crippen LogP contribution in [-0.2, 0) is 0 Å². The zero-order valence-corrected chi connectivity index (χ0v) is 8.50. The average molecular weight is 205 g/mol. The number of nitrogens with one attached hydrogen (secondary N) is 1. The Hall–Kier alpha value is -2.04. The summed E-state index contributed by atoms with van der Waals surface area (Å²) in [5.41, 5.74) is 6.57. The fourth-order valence-electron chi connectivity index (χ4n) is 1.31. The summed E-state index contributed by atoms with van der Waals surface area (Å²) < 4.78 is 5.13. The lowest BCUT2D eigenvalue weighted by atomic mass is 10.2. The first-order valence-corrected chi connectivity index (χ1v) is 4.50. The summed E-state index contributed by atoms with van der Waals surface area (Å²) in [5, 5.41) is 0. The quantitative estimate of drug-likeness (QED) is 0.733. The van der Waals surface area contributed by atoms with Crippen molar-refractivity contribution in [3.8, 4) is 11.4 Å². The molecule has 0 saturated carbocycles. The van der Waals surface area contributed by atoms with E-state index in [0.29, 0.717) is 17.1 Å². The molecule has 2 heterocycles. The minimum atomic E-state index is -0.224. The van der Waals surface area contributed by atoms with Crippen LogP contribution in [0.1, 0.15) is 11.3 Å². The van der Waals surface area contributed by atoms with E-state index in [4.69, 9.17) is 10.2 Å². The number of furan rings is 1. The third-order valence-corrected chi connectivity index (χ3v) is 2.30. The van der Waals surface area contributed by atoms with Gasteiger partial charge in [-0.1, -0.05) is 0 Å². The molecule has 5 heteroatoms. The van der Waals surface area contributed by atoms with Gasteiger partial charge in [-0.3, -0.25) is 4.79 Å². The van der Waals surface area contributed by atoms with E-state index in [1.54, 1.807) is 26.2 Å². The van der Waals surface area contributed by atoms with Crippen LogP contribution in [0, 0.1) is 13.8 Å². The lowest BCUT2D eigenvalue weighted by Gasteiger charge is -2.02. The molecular formula is C10H11N3O2. The number of hydrogen-bond donors (Lipinski definition) is 2. The Morgan fingerprint density at radius 2 is 2.20 bits per heavy atom. The molecule has 5 nitrogen and oxygen atoms in total. The smallest absolute Gasteiger partial charge is 0.256 e. The summed E-state index contributed by atoms with van der Waals surface area (Å²) >= 11 is 0. The van der Waals surface area contributed by atoms with Gasteiger partial charge >= 0.3 is 0 Å². The summed E-state index contributed by atoms with van der Waals surface area (Å²) in [6, 6.07) is 1.74. The third kappa shape index (κ3) is 1.52. The Labute approximate surface area is 86.0 Å². The Bertz CT molecular complexity index is 554. The standard InChI is InChI=1S/C10H11N3O2/c1-5-8(11)12-9(13-10(5)14)7-3-4-15-6(7)2/h3-4H,1-2H3,(H3,11,12,13,14). The SMILES string of the molecule is Cc1occc1-c1nc(N)c(C)c(=O)[nH]1. The van der Waals surface area contributed by atoms with Crippen molar-refractivity contribution in [1.82, 2.24) is 9.97 Å². The van der Waals surface area contributed by atoms with Gasteiger partial charge in [-0.25, -0.2) is 4.98 Å². The highest BCUT2D eigenvalue weighted by Gasteiger charge is 2.10. The number of H-pyrrole nitrogens is 1. The molecule has 0 saturated heterocycles. The number of anilines is 1. The molecule has 0 spiro atoms. The average Bonchev–Trinajstić information content (AvgIpc) is 2.60. The predicted octanol–water partition coefficient (Wildman–Crippen LogP) is 1.23. The molecule has 0 aliphatic rings. The summed E-state index contributed by atoms with van der Waals surface area (Å²) in [5.74, 6) is 1.38. The maximum absolute atomic E-state index is 11.5. The molecular weight excluding hydrogens is 194 g/mol. The topological polar surface area (TPSA) is 84.9 Å². The van der Waals surface area contributed by atoms with Crippen LogP contribution < -0.4 is 11.3 Å². The minimum absolute atomic E-state index is 0.224. The second-order valence-electron chi connectivity index (χ2n) is 3.32. The molecule has 0 amide bonds. The van der Waals surface area contributed by atoms with Crippen molar-refractivity contribution in [2.75, 3.05) is 5.73 Å². The molecule has 0 aliphatic carbocycles. The molecule has 0 aliphatic heterocycles. The number of aryl methyl sites for hydroxylation is 1. The zero-order valence-electron chi connectivity index (χ0n) is 8.50. The van der Waals surface area contributed by atoms with E-state index in [1.165, 1.54) is 0 Å². The van der Waals surface area contributed by atoms with Gasteiger partial charge in [0.1, 0.15) is 17.4 Å². The molecule has 0 fully saturated rings. The van der Waals surface area contributed by atoms with Crippen molar-refractivity contribution in [2.24, 2.45) is 0 Å². The molecule has 2 aromatic heterocycles. The van der Waals surface area contributed by atoms with E-state index < -0.39 is 0 Å². The molecule has 0 bridgehead atoms. The highest BCUT2D eigenvalue weighted by atomic mass is 16.3. The number of nitrogens with two attached hydrogens (primary N) is 1. The molecule has 0 radical (unpaired) electrons. The van der Waals surface area contributed by atoms with E-state index in [-0.39, 0.29) is 11.4 Å². The first-order chi connectivity index (χ1) is 7.09. The molecule has 0 atom stereocenters. The van der Waals surface area contributed by atoms with Gasteiger partial charge in [0.25, 0.3) is 5.56 Å². The molecule has 2 aromatic rings. The van der Waals surface area contributed by atoms with Gasteiger partial charge < -0.3 is 15.1 Å². The van der Waals surface area contributed by atoms with Gasteiger partial charge in [0.2, 0.25) is 0 Å². The van der Waals surface area contributed by atoms with Gasteiger partial charge in [0.15, 0.2) is 0 Å². The van der Waals surface area contributed by atoms with E-state index in [2.05, 4.69) is 9.97 Å². The first kappa shape index (κ1) is 9.51. The van der Waals surface area contributed by atoms with Gasteiger partial charge in [-0.15, -0.1) is 0 Å². The summed E-state index contributed by atoms with van der Waals surface area (Å²) in [4.78, 5) is 18.2. The highest BCUT2D eigenvalue weighted by Crippen LogP contribution is 2.20. The normalized spacial score (nSPS) is 10.5. The predicted molar refractivity (Wildman–Crippen MR) is 56.4 cm³/mol. The van der Waals surface area contributed by atoms with Gasteiger partial charge in [0.05, 0.1) is 17.4 Å². The molecule has 0 aromatic carbocycles. The van der Waals surface area contributed by atoms with Crippen molar-refractivity contribution in [3.05, 3.63) is 34.0 Å². The Balaban J connectivity index is 2.66. The second kappa shape index (κ2) is 3.27. The van der Waals surface area contributed by atoms with Crippen molar-refractivity contribution < 1.29 is 4.42 Å². The van der Waals surface area contributed by atoms with Crippen LogP contribution in [0.15, 0.2) is 21.5 Å². The maximum Gasteiger partial charge on any atom is 0.256 e. The zero-order chi connectivity index (χ0) is 11.0. The Kier molecular flexibility index (Phi) is 2.07. The molecule has 15 heavy (non-hydrogen) atoms. The molecule has 2 rings (SSSR count). The maximum atomic E-state index is 11.5. The lowest BCUT2D eigenvalue weighted by molar-refractivity contribution is 0.535. The summed E-state index contributed by atoms with van der Waals surface area (Å²) in [6.45, 7) is 3.43. The number of aromatic nitrogens is 2. The molecule has 78 valence electrons. The van der Waals surface area contributed by atoms with Crippen molar-refractivity contribution >= 4 is 5.82 Å². The van der Waals surface area contributed by atoms with Gasteiger partial charge in [-0.05, 0) is 19.9 Å². The second-order valence-corrected chi connectivity index (χ2v) is 3.32. The van der Waals surface area contributed by atoms with Crippen molar-refractivity contribution in [2.45, 2.75) is 13.8 Å². The van der Waals surface area contributed by atoms with E-state index in [0.717, 1.165) is 5.56 Å². The Morgan fingerprint density at radius 3 is 2.73 bits per heavy atom. The fraction of sp³-hybridized carbons (Fsp3) is 0.200. The number of aromatic amines is 1. The lowest BCUT2D eigenvalue weighted by Crippen LogP contribution is -2.15. The van der Waals surface area contributed by atoms with Crippen LogP contribution in [0.4, 0.5) is 5.82 Å². The molecule has 3 N–H and O–H groups in total. The summed E-state index contributed by atoms with van der Waals surface area (Å²) in [7, 11) is 0. The first-order valence-electron chi connectivity index (χ1n) is 4.50. The van der Waals surface area contributed by atoms with E-state index in [9.17, 15) is 4.79 Å².